The molecule has 0 aliphatic carbocycles. The second-order valence-corrected chi connectivity index (χ2v) is 5.70. The van der Waals surface area contributed by atoms with Gasteiger partial charge in [0.05, 0.1) is 6.61 Å². The summed E-state index contributed by atoms with van der Waals surface area (Å²) in [5.74, 6) is 2.65. The van der Waals surface area contributed by atoms with Gasteiger partial charge in [-0.1, -0.05) is 0 Å². The van der Waals surface area contributed by atoms with E-state index in [0.717, 1.165) is 31.1 Å². The number of benzene rings is 1. The van der Waals surface area contributed by atoms with E-state index >= 15 is 0 Å². The number of hydrogen-bond acceptors (Lipinski definition) is 3. The summed E-state index contributed by atoms with van der Waals surface area (Å²) >= 11 is 0. The zero-order chi connectivity index (χ0) is 13.4. The van der Waals surface area contributed by atoms with E-state index in [1.165, 1.54) is 17.5 Å². The van der Waals surface area contributed by atoms with Gasteiger partial charge in [-0.05, 0) is 45.9 Å². The summed E-state index contributed by atoms with van der Waals surface area (Å²) in [5.41, 5.74) is 2.60. The molecule has 0 saturated carbocycles. The van der Waals surface area contributed by atoms with E-state index in [1.54, 1.807) is 0 Å². The number of rotatable bonds is 3. The molecule has 1 aromatic carbocycles. The molecule has 1 aromatic rings. The van der Waals surface area contributed by atoms with Gasteiger partial charge in [0, 0.05) is 29.5 Å². The highest BCUT2D eigenvalue weighted by atomic mass is 16.5. The zero-order valence-corrected chi connectivity index (χ0v) is 12.0. The molecule has 2 aliphatic heterocycles. The van der Waals surface area contributed by atoms with Crippen LogP contribution in [0.15, 0.2) is 12.1 Å². The Labute approximate surface area is 115 Å². The van der Waals surface area contributed by atoms with E-state index in [-0.39, 0.29) is 0 Å². The fourth-order valence-electron chi connectivity index (χ4n) is 3.31. The second-order valence-electron chi connectivity index (χ2n) is 5.70. The largest absolute Gasteiger partial charge is 0.494 e. The second kappa shape index (κ2) is 5.04. The topological polar surface area (TPSA) is 30.5 Å². The predicted molar refractivity (Wildman–Crippen MR) is 76.2 cm³/mol. The molecule has 3 heteroatoms. The van der Waals surface area contributed by atoms with E-state index < -0.39 is 0 Å². The minimum absolute atomic E-state index is 0.291. The maximum atomic E-state index is 5.90. The van der Waals surface area contributed by atoms with Gasteiger partial charge in [0.2, 0.25) is 0 Å². The maximum absolute atomic E-state index is 5.90. The van der Waals surface area contributed by atoms with Crippen molar-refractivity contribution in [3.05, 3.63) is 23.3 Å². The molecule has 3 atom stereocenters. The third-order valence-electron chi connectivity index (χ3n) is 4.25. The third-order valence-corrected chi connectivity index (χ3v) is 4.25. The van der Waals surface area contributed by atoms with Crippen LogP contribution < -0.4 is 14.8 Å². The normalized spacial score (nSPS) is 29.1. The van der Waals surface area contributed by atoms with Crippen LogP contribution in [0.5, 0.6) is 11.5 Å². The van der Waals surface area contributed by atoms with Gasteiger partial charge in [0.25, 0.3) is 0 Å². The summed E-state index contributed by atoms with van der Waals surface area (Å²) in [6.07, 6.45) is 2.46. The average molecular weight is 261 g/mol. The molecule has 2 aliphatic rings. The molecule has 19 heavy (non-hydrogen) atoms. The molecule has 1 saturated heterocycles. The van der Waals surface area contributed by atoms with Crippen LogP contribution in [-0.4, -0.2) is 25.3 Å². The predicted octanol–water partition coefficient (Wildman–Crippen LogP) is 2.87. The molecule has 3 rings (SSSR count). The van der Waals surface area contributed by atoms with Gasteiger partial charge in [-0.2, -0.15) is 0 Å². The van der Waals surface area contributed by atoms with Crippen molar-refractivity contribution >= 4 is 0 Å². The van der Waals surface area contributed by atoms with Gasteiger partial charge < -0.3 is 14.8 Å². The molecule has 0 amide bonds. The van der Waals surface area contributed by atoms with Crippen molar-refractivity contribution in [2.45, 2.75) is 51.7 Å². The highest BCUT2D eigenvalue weighted by Crippen LogP contribution is 2.41. The van der Waals surface area contributed by atoms with Gasteiger partial charge in [0.15, 0.2) is 0 Å². The van der Waals surface area contributed by atoms with Crippen LogP contribution in [0, 0.1) is 0 Å². The Morgan fingerprint density at radius 1 is 1.37 bits per heavy atom. The third kappa shape index (κ3) is 2.32. The lowest BCUT2D eigenvalue weighted by molar-refractivity contribution is 0.254. The van der Waals surface area contributed by atoms with E-state index in [1.807, 2.05) is 6.92 Å². The summed E-state index contributed by atoms with van der Waals surface area (Å²) in [6.45, 7) is 8.23. The van der Waals surface area contributed by atoms with Gasteiger partial charge in [-0.25, -0.2) is 0 Å². The minimum Gasteiger partial charge on any atom is -0.494 e. The van der Waals surface area contributed by atoms with Crippen molar-refractivity contribution in [1.29, 1.82) is 0 Å². The first-order valence-corrected chi connectivity index (χ1v) is 7.38. The number of hydrogen-bond donors (Lipinski definition) is 1. The molecule has 104 valence electrons. The quantitative estimate of drug-likeness (QED) is 0.907. The monoisotopic (exact) mass is 261 g/mol. The van der Waals surface area contributed by atoms with Gasteiger partial charge in [0.1, 0.15) is 17.6 Å². The molecular formula is C16H23NO2. The molecule has 0 spiro atoms. The van der Waals surface area contributed by atoms with Crippen molar-refractivity contribution in [2.75, 3.05) is 13.2 Å². The van der Waals surface area contributed by atoms with Crippen molar-refractivity contribution in [3.8, 4) is 11.5 Å². The SMILES string of the molecule is CCOc1cc2c(cc1C1CCNC1C)OC(C)C2. The van der Waals surface area contributed by atoms with Crippen LogP contribution in [0.3, 0.4) is 0 Å². The first-order chi connectivity index (χ1) is 9.19. The summed E-state index contributed by atoms with van der Waals surface area (Å²) in [4.78, 5) is 0. The van der Waals surface area contributed by atoms with E-state index in [2.05, 4.69) is 31.3 Å². The standard InChI is InChI=1S/C16H23NO2/c1-4-18-16-8-12-7-10(2)19-15(12)9-14(16)13-5-6-17-11(13)3/h8-11,13,17H,4-7H2,1-3H3. The number of nitrogens with one attached hydrogen (secondary N) is 1. The van der Waals surface area contributed by atoms with Crippen molar-refractivity contribution < 1.29 is 9.47 Å². The molecule has 0 radical (unpaired) electrons. The Bertz CT molecular complexity index is 472. The van der Waals surface area contributed by atoms with Crippen LogP contribution in [0.2, 0.25) is 0 Å². The Morgan fingerprint density at radius 2 is 2.21 bits per heavy atom. The van der Waals surface area contributed by atoms with Crippen LogP contribution in [0.4, 0.5) is 0 Å². The summed E-state index contributed by atoms with van der Waals surface area (Å²) in [6, 6.07) is 4.93. The van der Waals surface area contributed by atoms with E-state index in [9.17, 15) is 0 Å². The van der Waals surface area contributed by atoms with Crippen LogP contribution in [-0.2, 0) is 6.42 Å². The van der Waals surface area contributed by atoms with E-state index in [4.69, 9.17) is 9.47 Å². The lowest BCUT2D eigenvalue weighted by atomic mass is 9.90. The average Bonchev–Trinajstić information content (AvgIpc) is 2.93. The maximum Gasteiger partial charge on any atom is 0.123 e. The van der Waals surface area contributed by atoms with Crippen molar-refractivity contribution in [3.63, 3.8) is 0 Å². The molecule has 0 aromatic heterocycles. The first kappa shape index (κ1) is 12.8. The highest BCUT2D eigenvalue weighted by molar-refractivity contribution is 5.50. The fraction of sp³-hybridized carbons (Fsp3) is 0.625. The molecule has 1 fully saturated rings. The summed E-state index contributed by atoms with van der Waals surface area (Å²) in [7, 11) is 0. The van der Waals surface area contributed by atoms with Crippen molar-refractivity contribution in [1.82, 2.24) is 5.32 Å². The molecule has 0 bridgehead atoms. The molecule has 2 heterocycles. The molecule has 1 N–H and O–H groups in total. The zero-order valence-electron chi connectivity index (χ0n) is 12.0. The lowest BCUT2D eigenvalue weighted by Crippen LogP contribution is -2.22. The van der Waals surface area contributed by atoms with Crippen LogP contribution in [0.25, 0.3) is 0 Å². The van der Waals surface area contributed by atoms with Gasteiger partial charge in [-0.3, -0.25) is 0 Å². The Hall–Kier alpha value is -1.22. The highest BCUT2D eigenvalue weighted by Gasteiger charge is 2.30. The molecule has 3 nitrogen and oxygen atoms in total. The lowest BCUT2D eigenvalue weighted by Gasteiger charge is -2.20. The number of fused-ring (bicyclic) bond motifs is 1. The summed E-state index contributed by atoms with van der Waals surface area (Å²) < 4.78 is 11.8. The summed E-state index contributed by atoms with van der Waals surface area (Å²) in [5, 5.41) is 3.52. The molecule has 3 unspecified atom stereocenters. The minimum atomic E-state index is 0.291. The van der Waals surface area contributed by atoms with Crippen LogP contribution in [0.1, 0.15) is 44.2 Å². The Balaban J connectivity index is 1.99. The smallest absolute Gasteiger partial charge is 0.123 e. The Morgan fingerprint density at radius 3 is 2.89 bits per heavy atom. The first-order valence-electron chi connectivity index (χ1n) is 7.38. The van der Waals surface area contributed by atoms with Gasteiger partial charge >= 0.3 is 0 Å². The van der Waals surface area contributed by atoms with Gasteiger partial charge in [-0.15, -0.1) is 0 Å². The molecular weight excluding hydrogens is 238 g/mol. The Kier molecular flexibility index (Phi) is 3.40. The number of ether oxygens (including phenoxy) is 2. The van der Waals surface area contributed by atoms with Crippen molar-refractivity contribution in [2.24, 2.45) is 0 Å². The van der Waals surface area contributed by atoms with E-state index in [0.29, 0.717) is 18.1 Å². The van der Waals surface area contributed by atoms with Crippen LogP contribution >= 0.6 is 0 Å². The fourth-order valence-corrected chi connectivity index (χ4v) is 3.31.